The molecule has 1 unspecified atom stereocenters. The van der Waals surface area contributed by atoms with E-state index >= 15 is 0 Å². The highest BCUT2D eigenvalue weighted by atomic mass is 16.4. The maximum Gasteiger partial charge on any atom is 0.326 e. The molecule has 0 bridgehead atoms. The Balaban J connectivity index is 2.03. The van der Waals surface area contributed by atoms with E-state index in [1.54, 1.807) is 4.90 Å². The third-order valence-electron chi connectivity index (χ3n) is 4.02. The summed E-state index contributed by atoms with van der Waals surface area (Å²) in [6, 6.07) is 8.13. The van der Waals surface area contributed by atoms with Crippen LogP contribution in [0.2, 0.25) is 0 Å². The molecule has 1 aromatic carbocycles. The Kier molecular flexibility index (Phi) is 4.50. The number of hydrogen-bond acceptors (Lipinski definition) is 2. The Morgan fingerprint density at radius 1 is 1.33 bits per heavy atom. The molecule has 21 heavy (non-hydrogen) atoms. The molecule has 1 aliphatic heterocycles. The first-order valence-corrected chi connectivity index (χ1v) is 7.25. The van der Waals surface area contributed by atoms with Gasteiger partial charge in [-0.25, -0.2) is 9.59 Å². The van der Waals surface area contributed by atoms with Gasteiger partial charge in [0.25, 0.3) is 0 Å². The lowest BCUT2D eigenvalue weighted by atomic mass is 10.0. The maximum atomic E-state index is 12.3. The molecule has 0 spiro atoms. The molecule has 0 aromatic heterocycles. The molecule has 1 saturated heterocycles. The van der Waals surface area contributed by atoms with E-state index in [-0.39, 0.29) is 18.0 Å². The zero-order valence-corrected chi connectivity index (χ0v) is 12.5. The number of urea groups is 1. The summed E-state index contributed by atoms with van der Waals surface area (Å²) in [6.45, 7) is 4.69. The van der Waals surface area contributed by atoms with Crippen LogP contribution in [0.1, 0.15) is 32.3 Å². The summed E-state index contributed by atoms with van der Waals surface area (Å²) in [5.74, 6) is -1.01. The number of nitrogens with zero attached hydrogens (tertiary/aromatic N) is 1. The second-order valence-electron chi connectivity index (χ2n) is 6.10. The summed E-state index contributed by atoms with van der Waals surface area (Å²) in [4.78, 5) is 25.4. The molecule has 2 amide bonds. The Hall–Kier alpha value is -2.04. The number of benzene rings is 1. The number of likely N-dealkylation sites (tertiary alicyclic amines) is 1. The Labute approximate surface area is 125 Å². The van der Waals surface area contributed by atoms with Crippen molar-refractivity contribution in [3.05, 3.63) is 35.9 Å². The molecule has 1 aromatic rings. The van der Waals surface area contributed by atoms with Crippen LogP contribution in [-0.2, 0) is 11.2 Å². The van der Waals surface area contributed by atoms with Crippen molar-refractivity contribution in [1.29, 1.82) is 0 Å². The Bertz CT molecular complexity index is 514. The summed E-state index contributed by atoms with van der Waals surface area (Å²) < 4.78 is 0. The number of aliphatic carboxylic acids is 1. The second-order valence-corrected chi connectivity index (χ2v) is 6.10. The van der Waals surface area contributed by atoms with Gasteiger partial charge < -0.3 is 15.3 Å². The van der Waals surface area contributed by atoms with Crippen LogP contribution in [0, 0.1) is 0 Å². The fourth-order valence-corrected chi connectivity index (χ4v) is 2.76. The van der Waals surface area contributed by atoms with E-state index in [9.17, 15) is 14.7 Å². The predicted octanol–water partition coefficient (Wildman–Crippen LogP) is 2.27. The van der Waals surface area contributed by atoms with Gasteiger partial charge in [0.2, 0.25) is 0 Å². The highest BCUT2D eigenvalue weighted by Crippen LogP contribution is 2.28. The first-order valence-electron chi connectivity index (χ1n) is 7.25. The Morgan fingerprint density at radius 2 is 2.00 bits per heavy atom. The zero-order valence-electron chi connectivity index (χ0n) is 12.5. The van der Waals surface area contributed by atoms with Gasteiger partial charge in [-0.05, 0) is 32.3 Å². The third-order valence-corrected chi connectivity index (χ3v) is 4.02. The normalized spacial score (nSPS) is 18.3. The van der Waals surface area contributed by atoms with E-state index in [4.69, 9.17) is 0 Å². The number of carboxylic acid groups (broad SMARTS) is 1. The van der Waals surface area contributed by atoms with E-state index < -0.39 is 12.0 Å². The second kappa shape index (κ2) is 6.16. The third kappa shape index (κ3) is 3.74. The van der Waals surface area contributed by atoms with Gasteiger partial charge in [-0.3, -0.25) is 0 Å². The average Bonchev–Trinajstić information content (AvgIpc) is 2.78. The van der Waals surface area contributed by atoms with Gasteiger partial charge in [0, 0.05) is 18.5 Å². The van der Waals surface area contributed by atoms with Crippen LogP contribution in [-0.4, -0.2) is 40.1 Å². The lowest BCUT2D eigenvalue weighted by Crippen LogP contribution is -2.53. The number of hydrogen-bond donors (Lipinski definition) is 2. The quantitative estimate of drug-likeness (QED) is 0.893. The van der Waals surface area contributed by atoms with Crippen molar-refractivity contribution in [1.82, 2.24) is 10.2 Å². The molecule has 0 aliphatic carbocycles. The monoisotopic (exact) mass is 290 g/mol. The van der Waals surface area contributed by atoms with Gasteiger partial charge in [0.05, 0.1) is 0 Å². The van der Waals surface area contributed by atoms with Crippen molar-refractivity contribution in [2.45, 2.75) is 44.7 Å². The Morgan fingerprint density at radius 3 is 2.52 bits per heavy atom. The molecule has 2 rings (SSSR count). The molecular formula is C16H22N2O3. The number of nitrogens with one attached hydrogen (secondary N) is 1. The van der Waals surface area contributed by atoms with E-state index in [0.717, 1.165) is 18.4 Å². The number of carboxylic acids is 1. The number of carbonyl (C=O) groups is 2. The number of carbonyl (C=O) groups excluding carboxylic acids is 1. The van der Waals surface area contributed by atoms with E-state index in [0.29, 0.717) is 6.54 Å². The van der Waals surface area contributed by atoms with Crippen LogP contribution in [0.15, 0.2) is 30.3 Å². The molecular weight excluding hydrogens is 268 g/mol. The molecule has 5 nitrogen and oxygen atoms in total. The molecule has 1 fully saturated rings. The molecule has 0 radical (unpaired) electrons. The minimum absolute atomic E-state index is 0.208. The smallest absolute Gasteiger partial charge is 0.326 e. The van der Waals surface area contributed by atoms with Gasteiger partial charge in [-0.2, -0.15) is 0 Å². The first-order chi connectivity index (χ1) is 9.90. The summed E-state index contributed by atoms with van der Waals surface area (Å²) in [5.41, 5.74) is 0.686. The summed E-state index contributed by atoms with van der Waals surface area (Å²) in [5, 5.41) is 12.0. The lowest BCUT2D eigenvalue weighted by molar-refractivity contribution is -0.139. The molecule has 1 heterocycles. The predicted molar refractivity (Wildman–Crippen MR) is 80.1 cm³/mol. The van der Waals surface area contributed by atoms with Crippen LogP contribution < -0.4 is 5.32 Å². The zero-order chi connectivity index (χ0) is 15.5. The van der Waals surface area contributed by atoms with E-state index in [1.165, 1.54) is 0 Å². The minimum atomic E-state index is -1.01. The van der Waals surface area contributed by atoms with E-state index in [2.05, 4.69) is 5.32 Å². The molecule has 0 saturated carbocycles. The number of amides is 2. The number of rotatable bonds is 4. The summed E-state index contributed by atoms with van der Waals surface area (Å²) in [6.07, 6.45) is 2.18. The van der Waals surface area contributed by atoms with Crippen LogP contribution >= 0.6 is 0 Å². The van der Waals surface area contributed by atoms with E-state index in [1.807, 2.05) is 44.2 Å². The minimum Gasteiger partial charge on any atom is -0.480 e. The largest absolute Gasteiger partial charge is 0.480 e. The average molecular weight is 290 g/mol. The van der Waals surface area contributed by atoms with Gasteiger partial charge in [0.1, 0.15) is 6.04 Å². The standard InChI is InChI=1S/C16H22N2O3/c1-16(2)9-6-10-18(16)15(21)17-13(14(19)20)11-12-7-4-3-5-8-12/h3-5,7-8,13H,6,9-11H2,1-2H3,(H,17,21)(H,19,20). The molecule has 5 heteroatoms. The molecule has 2 N–H and O–H groups in total. The van der Waals surface area contributed by atoms with Crippen molar-refractivity contribution < 1.29 is 14.7 Å². The maximum absolute atomic E-state index is 12.3. The van der Waals surface area contributed by atoms with Gasteiger partial charge in [-0.15, -0.1) is 0 Å². The van der Waals surface area contributed by atoms with Crippen LogP contribution in [0.5, 0.6) is 0 Å². The van der Waals surface area contributed by atoms with Gasteiger partial charge >= 0.3 is 12.0 Å². The first kappa shape index (κ1) is 15.4. The van der Waals surface area contributed by atoms with Crippen molar-refractivity contribution in [2.75, 3.05) is 6.54 Å². The van der Waals surface area contributed by atoms with Crippen molar-refractivity contribution in [3.63, 3.8) is 0 Å². The molecule has 1 atom stereocenters. The molecule has 114 valence electrons. The van der Waals surface area contributed by atoms with Crippen LogP contribution in [0.3, 0.4) is 0 Å². The summed E-state index contributed by atoms with van der Waals surface area (Å²) >= 11 is 0. The van der Waals surface area contributed by atoms with Crippen LogP contribution in [0.25, 0.3) is 0 Å². The molecule has 1 aliphatic rings. The fourth-order valence-electron chi connectivity index (χ4n) is 2.76. The highest BCUT2D eigenvalue weighted by molar-refractivity contribution is 5.83. The van der Waals surface area contributed by atoms with Crippen molar-refractivity contribution in [2.24, 2.45) is 0 Å². The van der Waals surface area contributed by atoms with Gasteiger partial charge in [0.15, 0.2) is 0 Å². The van der Waals surface area contributed by atoms with Gasteiger partial charge in [-0.1, -0.05) is 30.3 Å². The topological polar surface area (TPSA) is 69.6 Å². The SMILES string of the molecule is CC1(C)CCCN1C(=O)NC(Cc1ccccc1)C(=O)O. The highest BCUT2D eigenvalue weighted by Gasteiger charge is 2.36. The van der Waals surface area contributed by atoms with Crippen molar-refractivity contribution >= 4 is 12.0 Å². The van der Waals surface area contributed by atoms with Crippen molar-refractivity contribution in [3.8, 4) is 0 Å². The fraction of sp³-hybridized carbons (Fsp3) is 0.500. The lowest BCUT2D eigenvalue weighted by Gasteiger charge is -2.32. The van der Waals surface area contributed by atoms with Crippen LogP contribution in [0.4, 0.5) is 4.79 Å². The summed E-state index contributed by atoms with van der Waals surface area (Å²) in [7, 11) is 0.